The molecule has 96 valence electrons. The van der Waals surface area contributed by atoms with Crippen molar-refractivity contribution in [3.8, 4) is 0 Å². The lowest BCUT2D eigenvalue weighted by atomic mass is 10.1. The molecule has 2 rings (SSSR count). The van der Waals surface area contributed by atoms with Crippen molar-refractivity contribution in [2.24, 2.45) is 12.8 Å². The second-order valence-corrected chi connectivity index (χ2v) is 5.33. The number of hydrogen-bond donors (Lipinski definition) is 2. The fraction of sp³-hybridized carbons (Fsp3) is 0.250. The lowest BCUT2D eigenvalue weighted by Gasteiger charge is -2.06. The lowest BCUT2D eigenvalue weighted by molar-refractivity contribution is -0.138. The third kappa shape index (κ3) is 2.25. The second kappa shape index (κ2) is 4.91. The molecular weight excluding hydrogens is 320 g/mol. The van der Waals surface area contributed by atoms with Crippen molar-refractivity contribution in [2.45, 2.75) is 12.5 Å². The van der Waals surface area contributed by atoms with E-state index in [4.69, 9.17) is 22.4 Å². The Morgan fingerprint density at radius 3 is 2.89 bits per heavy atom. The number of rotatable bonds is 3. The van der Waals surface area contributed by atoms with Crippen LogP contribution in [0.3, 0.4) is 0 Å². The Hall–Kier alpha value is -1.04. The summed E-state index contributed by atoms with van der Waals surface area (Å²) in [6.45, 7) is 0. The summed E-state index contributed by atoms with van der Waals surface area (Å²) in [6.07, 6.45) is 0.258. The highest BCUT2D eigenvalue weighted by Gasteiger charge is 2.19. The molecule has 1 aromatic heterocycles. The molecule has 1 unspecified atom stereocenters. The van der Waals surface area contributed by atoms with E-state index in [2.05, 4.69) is 15.9 Å². The number of carbonyl (C=O) groups is 1. The number of aryl methyl sites for hydroxylation is 1. The first kappa shape index (κ1) is 13.4. The maximum atomic E-state index is 10.9. The third-order valence-electron chi connectivity index (χ3n) is 2.93. The highest BCUT2D eigenvalue weighted by molar-refractivity contribution is 9.10. The highest BCUT2D eigenvalue weighted by atomic mass is 79.9. The van der Waals surface area contributed by atoms with Crippen LogP contribution in [0.5, 0.6) is 0 Å². The van der Waals surface area contributed by atoms with E-state index in [1.807, 2.05) is 23.7 Å². The minimum absolute atomic E-state index is 0.258. The number of nitrogens with two attached hydrogens (primary N) is 1. The number of carboxylic acids is 1. The Bertz CT molecular complexity index is 624. The van der Waals surface area contributed by atoms with Gasteiger partial charge in [0.25, 0.3) is 0 Å². The Labute approximate surface area is 117 Å². The molecule has 0 aliphatic carbocycles. The van der Waals surface area contributed by atoms with Crippen molar-refractivity contribution in [3.05, 3.63) is 33.4 Å². The molecule has 18 heavy (non-hydrogen) atoms. The molecule has 6 heteroatoms. The zero-order valence-corrected chi connectivity index (χ0v) is 12.0. The predicted molar refractivity (Wildman–Crippen MR) is 74.9 cm³/mol. The topological polar surface area (TPSA) is 68.2 Å². The first-order valence-electron chi connectivity index (χ1n) is 5.32. The van der Waals surface area contributed by atoms with E-state index in [0.29, 0.717) is 5.02 Å². The molecule has 0 saturated heterocycles. The van der Waals surface area contributed by atoms with Gasteiger partial charge in [-0.3, -0.25) is 4.79 Å². The number of fused-ring (bicyclic) bond motifs is 1. The van der Waals surface area contributed by atoms with Gasteiger partial charge in [0, 0.05) is 29.4 Å². The first-order valence-corrected chi connectivity index (χ1v) is 6.49. The smallest absolute Gasteiger partial charge is 0.320 e. The zero-order chi connectivity index (χ0) is 13.4. The van der Waals surface area contributed by atoms with Gasteiger partial charge in [0.15, 0.2) is 0 Å². The largest absolute Gasteiger partial charge is 0.480 e. The molecule has 0 radical (unpaired) electrons. The molecule has 0 saturated carbocycles. The number of benzene rings is 1. The molecule has 4 nitrogen and oxygen atoms in total. The van der Waals surface area contributed by atoms with E-state index < -0.39 is 12.0 Å². The van der Waals surface area contributed by atoms with Crippen LogP contribution in [0.25, 0.3) is 10.9 Å². The monoisotopic (exact) mass is 330 g/mol. The van der Waals surface area contributed by atoms with Gasteiger partial charge in [0.1, 0.15) is 6.04 Å². The normalized spacial score (nSPS) is 12.9. The van der Waals surface area contributed by atoms with E-state index in [1.165, 1.54) is 0 Å². The quantitative estimate of drug-likeness (QED) is 0.908. The summed E-state index contributed by atoms with van der Waals surface area (Å²) in [5, 5.41) is 10.4. The van der Waals surface area contributed by atoms with Crippen LogP contribution in [0.2, 0.25) is 5.02 Å². The van der Waals surface area contributed by atoms with Gasteiger partial charge < -0.3 is 15.4 Å². The average molecular weight is 332 g/mol. The maximum Gasteiger partial charge on any atom is 0.320 e. The number of hydrogen-bond acceptors (Lipinski definition) is 2. The lowest BCUT2D eigenvalue weighted by Crippen LogP contribution is -2.32. The van der Waals surface area contributed by atoms with Gasteiger partial charge in [0.05, 0.1) is 4.60 Å². The summed E-state index contributed by atoms with van der Waals surface area (Å²) in [7, 11) is 1.90. The number of halogens is 2. The summed E-state index contributed by atoms with van der Waals surface area (Å²) in [6, 6.07) is 4.60. The van der Waals surface area contributed by atoms with Crippen LogP contribution in [0.1, 0.15) is 5.56 Å². The van der Waals surface area contributed by atoms with E-state index in [0.717, 1.165) is 21.1 Å². The van der Waals surface area contributed by atoms with Gasteiger partial charge in [-0.25, -0.2) is 0 Å². The van der Waals surface area contributed by atoms with Gasteiger partial charge in [-0.05, 0) is 39.7 Å². The number of nitrogens with zero attached hydrogens (tertiary/aromatic N) is 1. The van der Waals surface area contributed by atoms with E-state index >= 15 is 0 Å². The van der Waals surface area contributed by atoms with E-state index in [1.54, 1.807) is 6.07 Å². The molecule has 2 aromatic rings. The third-order valence-corrected chi connectivity index (χ3v) is 4.18. The molecule has 3 N–H and O–H groups in total. The van der Waals surface area contributed by atoms with Crippen molar-refractivity contribution in [2.75, 3.05) is 0 Å². The highest BCUT2D eigenvalue weighted by Crippen LogP contribution is 2.32. The second-order valence-electron chi connectivity index (χ2n) is 4.14. The van der Waals surface area contributed by atoms with Crippen LogP contribution in [0.15, 0.2) is 22.8 Å². The fourth-order valence-electron chi connectivity index (χ4n) is 1.96. The first-order chi connectivity index (χ1) is 8.41. The predicted octanol–water partition coefficient (Wildman–Crippen LogP) is 2.55. The molecule has 1 heterocycles. The molecule has 0 spiro atoms. The minimum Gasteiger partial charge on any atom is -0.480 e. The summed E-state index contributed by atoms with van der Waals surface area (Å²) < 4.78 is 2.77. The van der Waals surface area contributed by atoms with Gasteiger partial charge >= 0.3 is 5.97 Å². The SMILES string of the molecule is Cn1c(Br)c(CC(N)C(=O)O)c2cc(Cl)ccc21. The molecule has 1 aromatic carbocycles. The zero-order valence-electron chi connectivity index (χ0n) is 9.65. The average Bonchev–Trinajstić information content (AvgIpc) is 2.54. The van der Waals surface area contributed by atoms with Crippen molar-refractivity contribution < 1.29 is 9.90 Å². The van der Waals surface area contributed by atoms with Gasteiger partial charge in [-0.2, -0.15) is 0 Å². The number of aromatic nitrogens is 1. The van der Waals surface area contributed by atoms with Crippen molar-refractivity contribution in [1.82, 2.24) is 4.57 Å². The summed E-state index contributed by atoms with van der Waals surface area (Å²) >= 11 is 9.45. The Balaban J connectivity index is 2.58. The molecular formula is C12H12BrClN2O2. The molecule has 0 amide bonds. The molecule has 0 bridgehead atoms. The van der Waals surface area contributed by atoms with Crippen LogP contribution >= 0.6 is 27.5 Å². The van der Waals surface area contributed by atoms with Crippen LogP contribution in [-0.2, 0) is 18.3 Å². The summed E-state index contributed by atoms with van der Waals surface area (Å²) in [4.78, 5) is 10.9. The van der Waals surface area contributed by atoms with E-state index in [-0.39, 0.29) is 6.42 Å². The Morgan fingerprint density at radius 1 is 1.61 bits per heavy atom. The number of aliphatic carboxylic acids is 1. The molecule has 0 aliphatic rings. The maximum absolute atomic E-state index is 10.9. The molecule has 1 atom stereocenters. The van der Waals surface area contributed by atoms with Crippen LogP contribution in [0, 0.1) is 0 Å². The minimum atomic E-state index is -1.01. The van der Waals surface area contributed by atoms with Crippen LogP contribution in [0.4, 0.5) is 0 Å². The molecule has 0 aliphatic heterocycles. The van der Waals surface area contributed by atoms with E-state index in [9.17, 15) is 4.79 Å². The molecule has 0 fully saturated rings. The number of carboxylic acid groups (broad SMARTS) is 1. The van der Waals surface area contributed by atoms with Crippen molar-refractivity contribution in [3.63, 3.8) is 0 Å². The van der Waals surface area contributed by atoms with Crippen LogP contribution < -0.4 is 5.73 Å². The van der Waals surface area contributed by atoms with Gasteiger partial charge in [-0.1, -0.05) is 11.6 Å². The van der Waals surface area contributed by atoms with Gasteiger partial charge in [-0.15, -0.1) is 0 Å². The summed E-state index contributed by atoms with van der Waals surface area (Å²) in [5.74, 6) is -1.01. The Morgan fingerprint density at radius 2 is 2.28 bits per heavy atom. The van der Waals surface area contributed by atoms with Crippen LogP contribution in [-0.4, -0.2) is 21.7 Å². The van der Waals surface area contributed by atoms with Crippen molar-refractivity contribution >= 4 is 44.4 Å². The Kier molecular flexibility index (Phi) is 3.66. The standard InChI is InChI=1S/C12H12BrClN2O2/c1-16-10-3-2-6(14)4-7(10)8(11(16)13)5-9(15)12(17)18/h2-4,9H,5,15H2,1H3,(H,17,18). The summed E-state index contributed by atoms with van der Waals surface area (Å²) in [5.41, 5.74) is 7.44. The van der Waals surface area contributed by atoms with Gasteiger partial charge in [0.2, 0.25) is 0 Å². The van der Waals surface area contributed by atoms with Crippen molar-refractivity contribution in [1.29, 1.82) is 0 Å². The fourth-order valence-corrected chi connectivity index (χ4v) is 2.70.